The van der Waals surface area contributed by atoms with E-state index in [0.717, 1.165) is 35.4 Å². The lowest BCUT2D eigenvalue weighted by Crippen LogP contribution is -2.40. The Bertz CT molecular complexity index is 320. The van der Waals surface area contributed by atoms with E-state index in [9.17, 15) is 5.11 Å². The molecule has 0 spiro atoms. The molecule has 1 aliphatic heterocycles. The number of aliphatic hydroxyl groups is 1. The first kappa shape index (κ1) is 10.5. The Labute approximate surface area is 95.9 Å². The highest BCUT2D eigenvalue weighted by molar-refractivity contribution is 9.10. The first-order valence-corrected chi connectivity index (χ1v) is 6.29. The van der Waals surface area contributed by atoms with Gasteiger partial charge in [0.25, 0.3) is 0 Å². The standard InChI is InChI=1S/C9H13BrN2OS/c1-12-4-2-9(13,3-5-12)7-8(10)11-6-14-7/h6,13H,2-5H2,1H3. The summed E-state index contributed by atoms with van der Waals surface area (Å²) in [5.74, 6) is 0. The summed E-state index contributed by atoms with van der Waals surface area (Å²) in [5, 5.41) is 10.4. The van der Waals surface area contributed by atoms with Gasteiger partial charge in [-0.25, -0.2) is 4.98 Å². The van der Waals surface area contributed by atoms with Crippen molar-refractivity contribution in [2.24, 2.45) is 0 Å². The molecule has 14 heavy (non-hydrogen) atoms. The van der Waals surface area contributed by atoms with E-state index in [1.165, 1.54) is 11.3 Å². The highest BCUT2D eigenvalue weighted by Gasteiger charge is 2.36. The summed E-state index contributed by atoms with van der Waals surface area (Å²) < 4.78 is 0.801. The molecule has 0 bridgehead atoms. The van der Waals surface area contributed by atoms with Crippen molar-refractivity contribution in [1.29, 1.82) is 0 Å². The van der Waals surface area contributed by atoms with Gasteiger partial charge in [-0.3, -0.25) is 0 Å². The molecule has 0 amide bonds. The maximum atomic E-state index is 10.4. The van der Waals surface area contributed by atoms with Gasteiger partial charge < -0.3 is 10.0 Å². The Morgan fingerprint density at radius 2 is 2.21 bits per heavy atom. The van der Waals surface area contributed by atoms with Gasteiger partial charge >= 0.3 is 0 Å². The SMILES string of the molecule is CN1CCC(O)(c2scnc2Br)CC1. The predicted octanol–water partition coefficient (Wildman–Crippen LogP) is 1.82. The summed E-state index contributed by atoms with van der Waals surface area (Å²) in [5.41, 5.74) is 1.11. The van der Waals surface area contributed by atoms with E-state index >= 15 is 0 Å². The average molecular weight is 277 g/mol. The molecule has 0 saturated carbocycles. The third-order valence-electron chi connectivity index (χ3n) is 2.76. The number of nitrogens with zero attached hydrogens (tertiary/aromatic N) is 2. The highest BCUT2D eigenvalue weighted by Crippen LogP contribution is 2.38. The lowest BCUT2D eigenvalue weighted by atomic mass is 9.90. The lowest BCUT2D eigenvalue weighted by Gasteiger charge is -2.35. The lowest BCUT2D eigenvalue weighted by molar-refractivity contribution is -0.0179. The summed E-state index contributed by atoms with van der Waals surface area (Å²) in [6.45, 7) is 1.89. The predicted molar refractivity (Wildman–Crippen MR) is 60.4 cm³/mol. The van der Waals surface area contributed by atoms with Crippen LogP contribution in [0, 0.1) is 0 Å². The number of rotatable bonds is 1. The molecule has 1 aromatic heterocycles. The monoisotopic (exact) mass is 276 g/mol. The van der Waals surface area contributed by atoms with Crippen molar-refractivity contribution >= 4 is 27.3 Å². The van der Waals surface area contributed by atoms with E-state index in [4.69, 9.17) is 0 Å². The summed E-state index contributed by atoms with van der Waals surface area (Å²) in [6, 6.07) is 0. The van der Waals surface area contributed by atoms with Crippen LogP contribution in [-0.2, 0) is 5.60 Å². The second-order valence-corrected chi connectivity index (χ2v) is 5.41. The van der Waals surface area contributed by atoms with Gasteiger partial charge in [0.05, 0.1) is 10.4 Å². The third-order valence-corrected chi connectivity index (χ3v) is 4.64. The summed E-state index contributed by atoms with van der Waals surface area (Å²) in [6.07, 6.45) is 1.59. The van der Waals surface area contributed by atoms with Crippen molar-refractivity contribution in [2.75, 3.05) is 20.1 Å². The largest absolute Gasteiger partial charge is 0.384 e. The van der Waals surface area contributed by atoms with Crippen LogP contribution in [0.2, 0.25) is 0 Å². The maximum Gasteiger partial charge on any atom is 0.123 e. The van der Waals surface area contributed by atoms with Crippen molar-refractivity contribution < 1.29 is 5.11 Å². The van der Waals surface area contributed by atoms with Gasteiger partial charge in [-0.1, -0.05) is 0 Å². The number of halogens is 1. The summed E-state index contributed by atoms with van der Waals surface area (Å²) in [4.78, 5) is 7.33. The molecule has 2 rings (SSSR count). The zero-order chi connectivity index (χ0) is 10.2. The van der Waals surface area contributed by atoms with E-state index in [1.807, 2.05) is 0 Å². The van der Waals surface area contributed by atoms with Crippen molar-refractivity contribution in [1.82, 2.24) is 9.88 Å². The zero-order valence-electron chi connectivity index (χ0n) is 8.03. The van der Waals surface area contributed by atoms with Crippen LogP contribution in [0.5, 0.6) is 0 Å². The second-order valence-electron chi connectivity index (χ2n) is 3.81. The van der Waals surface area contributed by atoms with Crippen LogP contribution in [-0.4, -0.2) is 35.1 Å². The van der Waals surface area contributed by atoms with Gasteiger partial charge in [0, 0.05) is 13.1 Å². The van der Waals surface area contributed by atoms with Gasteiger partial charge in [0.2, 0.25) is 0 Å². The topological polar surface area (TPSA) is 36.4 Å². The molecule has 78 valence electrons. The molecule has 0 atom stereocenters. The molecule has 2 heterocycles. The number of thiazole rings is 1. The molecular formula is C9H13BrN2OS. The molecular weight excluding hydrogens is 264 g/mol. The van der Waals surface area contributed by atoms with Crippen LogP contribution in [0.15, 0.2) is 10.1 Å². The Balaban J connectivity index is 2.21. The quantitative estimate of drug-likeness (QED) is 0.850. The van der Waals surface area contributed by atoms with E-state index in [1.54, 1.807) is 5.51 Å². The van der Waals surface area contributed by atoms with Crippen molar-refractivity contribution in [2.45, 2.75) is 18.4 Å². The second kappa shape index (κ2) is 3.89. The number of hydrogen-bond acceptors (Lipinski definition) is 4. The molecule has 0 aromatic carbocycles. The number of aromatic nitrogens is 1. The smallest absolute Gasteiger partial charge is 0.123 e. The van der Waals surface area contributed by atoms with Gasteiger partial charge in [-0.2, -0.15) is 0 Å². The van der Waals surface area contributed by atoms with Crippen LogP contribution >= 0.6 is 27.3 Å². The summed E-state index contributed by atoms with van der Waals surface area (Å²) in [7, 11) is 2.08. The minimum atomic E-state index is -0.660. The first-order valence-electron chi connectivity index (χ1n) is 4.62. The Kier molecular flexibility index (Phi) is 2.93. The molecule has 0 aliphatic carbocycles. The normalized spacial score (nSPS) is 22.5. The molecule has 1 aromatic rings. The van der Waals surface area contributed by atoms with E-state index in [2.05, 4.69) is 32.9 Å². The van der Waals surface area contributed by atoms with Crippen LogP contribution in [0.4, 0.5) is 0 Å². The van der Waals surface area contributed by atoms with Crippen molar-refractivity contribution in [3.63, 3.8) is 0 Å². The fraction of sp³-hybridized carbons (Fsp3) is 0.667. The van der Waals surface area contributed by atoms with E-state index in [0.29, 0.717) is 0 Å². The third kappa shape index (κ3) is 1.86. The average Bonchev–Trinajstić information content (AvgIpc) is 2.58. The first-order chi connectivity index (χ1) is 6.62. The molecule has 1 N–H and O–H groups in total. The van der Waals surface area contributed by atoms with Gasteiger partial charge in [-0.15, -0.1) is 11.3 Å². The van der Waals surface area contributed by atoms with Gasteiger partial charge in [0.15, 0.2) is 0 Å². The molecule has 0 unspecified atom stereocenters. The molecule has 3 nitrogen and oxygen atoms in total. The molecule has 0 radical (unpaired) electrons. The minimum Gasteiger partial charge on any atom is -0.384 e. The van der Waals surface area contributed by atoms with Gasteiger partial charge in [-0.05, 0) is 35.8 Å². The van der Waals surface area contributed by atoms with E-state index < -0.39 is 5.60 Å². The Morgan fingerprint density at radius 1 is 1.57 bits per heavy atom. The maximum absolute atomic E-state index is 10.4. The van der Waals surface area contributed by atoms with Crippen molar-refractivity contribution in [3.05, 3.63) is 15.0 Å². The number of piperidine rings is 1. The van der Waals surface area contributed by atoms with Gasteiger partial charge in [0.1, 0.15) is 10.2 Å². The van der Waals surface area contributed by atoms with Crippen LogP contribution in [0.3, 0.4) is 0 Å². The number of likely N-dealkylation sites (tertiary alicyclic amines) is 1. The van der Waals surface area contributed by atoms with Crippen LogP contribution < -0.4 is 0 Å². The molecule has 1 saturated heterocycles. The highest BCUT2D eigenvalue weighted by atomic mass is 79.9. The van der Waals surface area contributed by atoms with Crippen LogP contribution in [0.1, 0.15) is 17.7 Å². The van der Waals surface area contributed by atoms with Crippen molar-refractivity contribution in [3.8, 4) is 0 Å². The molecule has 1 aliphatic rings. The molecule has 1 fully saturated rings. The van der Waals surface area contributed by atoms with E-state index in [-0.39, 0.29) is 0 Å². The minimum absolute atomic E-state index is 0.660. The fourth-order valence-electron chi connectivity index (χ4n) is 1.75. The fourth-order valence-corrected chi connectivity index (χ4v) is 3.47. The summed E-state index contributed by atoms with van der Waals surface area (Å²) >= 11 is 4.91. The zero-order valence-corrected chi connectivity index (χ0v) is 10.4. The molecule has 5 heteroatoms. The number of hydrogen-bond donors (Lipinski definition) is 1. The van der Waals surface area contributed by atoms with Crippen LogP contribution in [0.25, 0.3) is 0 Å². The Hall–Kier alpha value is 0.0300. The Morgan fingerprint density at radius 3 is 2.71 bits per heavy atom.